The molecule has 0 aliphatic heterocycles. The fourth-order valence-electron chi connectivity index (χ4n) is 2.20. The van der Waals surface area contributed by atoms with Crippen molar-refractivity contribution >= 4 is 11.6 Å². The fourth-order valence-corrected chi connectivity index (χ4v) is 2.50. The van der Waals surface area contributed by atoms with Gasteiger partial charge in [-0.1, -0.05) is 50.6 Å². The maximum absolute atomic E-state index is 6.26. The Morgan fingerprint density at radius 1 is 1.16 bits per heavy atom. The molecule has 0 aliphatic rings. The summed E-state index contributed by atoms with van der Waals surface area (Å²) in [6.07, 6.45) is 0. The molecule has 1 aromatic carbocycles. The summed E-state index contributed by atoms with van der Waals surface area (Å²) in [6.45, 7) is 11.0. The van der Waals surface area contributed by atoms with E-state index in [4.69, 9.17) is 11.6 Å². The third kappa shape index (κ3) is 5.52. The van der Waals surface area contributed by atoms with Gasteiger partial charge in [0.25, 0.3) is 0 Å². The average Bonchev–Trinajstić information content (AvgIpc) is 2.36. The molecule has 1 rings (SSSR count). The Morgan fingerprint density at radius 2 is 1.79 bits per heavy atom. The lowest BCUT2D eigenvalue weighted by Gasteiger charge is -2.29. The summed E-state index contributed by atoms with van der Waals surface area (Å²) >= 11 is 6.26. The molecule has 0 fully saturated rings. The quantitative estimate of drug-likeness (QED) is 0.814. The summed E-state index contributed by atoms with van der Waals surface area (Å²) in [6, 6.07) is 9.00. The summed E-state index contributed by atoms with van der Waals surface area (Å²) in [5, 5.41) is 4.34. The highest BCUT2D eigenvalue weighted by atomic mass is 35.5. The van der Waals surface area contributed by atoms with E-state index in [0.717, 1.165) is 18.1 Å². The average molecular weight is 283 g/mol. The fraction of sp³-hybridized carbons (Fsp3) is 0.625. The minimum atomic E-state index is 0.343. The van der Waals surface area contributed by atoms with Crippen molar-refractivity contribution in [1.82, 2.24) is 10.2 Å². The monoisotopic (exact) mass is 282 g/mol. The topological polar surface area (TPSA) is 15.3 Å². The summed E-state index contributed by atoms with van der Waals surface area (Å²) < 4.78 is 0. The summed E-state index contributed by atoms with van der Waals surface area (Å²) in [7, 11) is 2.17. The molecule has 3 heteroatoms. The van der Waals surface area contributed by atoms with Crippen LogP contribution in [-0.4, -0.2) is 31.1 Å². The van der Waals surface area contributed by atoms with E-state index in [1.807, 2.05) is 12.1 Å². The molecule has 0 radical (unpaired) electrons. The number of halogens is 1. The number of rotatable bonds is 7. The van der Waals surface area contributed by atoms with Crippen molar-refractivity contribution in [2.45, 2.75) is 39.8 Å². The molecule has 0 aliphatic carbocycles. The molecule has 2 nitrogen and oxygen atoms in total. The lowest BCUT2D eigenvalue weighted by Crippen LogP contribution is -2.35. The lowest BCUT2D eigenvalue weighted by atomic mass is 10.1. The van der Waals surface area contributed by atoms with E-state index < -0.39 is 0 Å². The molecule has 0 amide bonds. The molecule has 2 unspecified atom stereocenters. The van der Waals surface area contributed by atoms with E-state index in [1.54, 1.807) is 0 Å². The summed E-state index contributed by atoms with van der Waals surface area (Å²) in [5.74, 6) is 0.623. The van der Waals surface area contributed by atoms with Gasteiger partial charge in [0.05, 0.1) is 0 Å². The summed E-state index contributed by atoms with van der Waals surface area (Å²) in [5.41, 5.74) is 1.20. The van der Waals surface area contributed by atoms with E-state index in [1.165, 1.54) is 5.56 Å². The Labute approximate surface area is 123 Å². The van der Waals surface area contributed by atoms with Crippen LogP contribution in [0.3, 0.4) is 0 Å². The molecule has 0 saturated carbocycles. The van der Waals surface area contributed by atoms with Crippen molar-refractivity contribution in [2.75, 3.05) is 20.1 Å². The molecule has 0 bridgehead atoms. The second-order valence-electron chi connectivity index (χ2n) is 5.81. The van der Waals surface area contributed by atoms with Crippen LogP contribution in [-0.2, 0) is 0 Å². The molecule has 19 heavy (non-hydrogen) atoms. The van der Waals surface area contributed by atoms with Gasteiger partial charge in [-0.05, 0) is 38.1 Å². The maximum Gasteiger partial charge on any atom is 0.0453 e. The van der Waals surface area contributed by atoms with Crippen LogP contribution in [0.5, 0.6) is 0 Å². The zero-order chi connectivity index (χ0) is 14.4. The van der Waals surface area contributed by atoms with Gasteiger partial charge in [0.1, 0.15) is 0 Å². The largest absolute Gasteiger partial charge is 0.314 e. The van der Waals surface area contributed by atoms with E-state index in [-0.39, 0.29) is 0 Å². The number of hydrogen-bond donors (Lipinski definition) is 1. The van der Waals surface area contributed by atoms with Crippen LogP contribution < -0.4 is 5.32 Å². The first-order valence-corrected chi connectivity index (χ1v) is 7.47. The zero-order valence-corrected chi connectivity index (χ0v) is 13.5. The predicted octanol–water partition coefficient (Wildman–Crippen LogP) is 3.97. The van der Waals surface area contributed by atoms with Crippen LogP contribution in [0, 0.1) is 5.92 Å². The molecular formula is C16H27ClN2. The van der Waals surface area contributed by atoms with Crippen molar-refractivity contribution in [3.05, 3.63) is 34.9 Å². The van der Waals surface area contributed by atoms with Crippen LogP contribution in [0.25, 0.3) is 0 Å². The normalized spacial score (nSPS) is 14.9. The van der Waals surface area contributed by atoms with Crippen molar-refractivity contribution in [2.24, 2.45) is 5.92 Å². The first-order valence-electron chi connectivity index (χ1n) is 7.09. The first kappa shape index (κ1) is 16.5. The van der Waals surface area contributed by atoms with Gasteiger partial charge in [-0.2, -0.15) is 0 Å². The Morgan fingerprint density at radius 3 is 2.37 bits per heavy atom. The smallest absolute Gasteiger partial charge is 0.0453 e. The SMILES string of the molecule is CC(CNC(C)C)CN(C)C(C)c1ccccc1Cl. The number of nitrogens with zero attached hydrogens (tertiary/aromatic N) is 1. The minimum absolute atomic E-state index is 0.343. The van der Waals surface area contributed by atoms with Crippen molar-refractivity contribution in [1.29, 1.82) is 0 Å². The van der Waals surface area contributed by atoms with Gasteiger partial charge in [-0.3, -0.25) is 4.90 Å². The van der Waals surface area contributed by atoms with Crippen LogP contribution >= 0.6 is 11.6 Å². The zero-order valence-electron chi connectivity index (χ0n) is 12.8. The van der Waals surface area contributed by atoms with Crippen LogP contribution in [0.15, 0.2) is 24.3 Å². The van der Waals surface area contributed by atoms with E-state index >= 15 is 0 Å². The van der Waals surface area contributed by atoms with Gasteiger partial charge in [-0.25, -0.2) is 0 Å². The van der Waals surface area contributed by atoms with Gasteiger partial charge in [0.15, 0.2) is 0 Å². The molecule has 1 aromatic rings. The van der Waals surface area contributed by atoms with E-state index in [0.29, 0.717) is 18.0 Å². The molecule has 0 spiro atoms. The Bertz CT molecular complexity index is 379. The molecule has 1 N–H and O–H groups in total. The number of benzene rings is 1. The van der Waals surface area contributed by atoms with Crippen molar-refractivity contribution in [3.8, 4) is 0 Å². The van der Waals surface area contributed by atoms with E-state index in [9.17, 15) is 0 Å². The van der Waals surface area contributed by atoms with Gasteiger partial charge in [-0.15, -0.1) is 0 Å². The molecule has 0 heterocycles. The maximum atomic E-state index is 6.26. The third-order valence-electron chi connectivity index (χ3n) is 3.49. The Balaban J connectivity index is 2.53. The van der Waals surface area contributed by atoms with Crippen molar-refractivity contribution < 1.29 is 0 Å². The second-order valence-corrected chi connectivity index (χ2v) is 6.21. The van der Waals surface area contributed by atoms with Gasteiger partial charge >= 0.3 is 0 Å². The van der Waals surface area contributed by atoms with Gasteiger partial charge < -0.3 is 5.32 Å². The Kier molecular flexibility index (Phi) is 6.84. The third-order valence-corrected chi connectivity index (χ3v) is 3.83. The standard InChI is InChI=1S/C16H27ClN2/c1-12(2)18-10-13(3)11-19(5)14(4)15-8-6-7-9-16(15)17/h6-9,12-14,18H,10-11H2,1-5H3. The van der Waals surface area contributed by atoms with Gasteiger partial charge in [0.2, 0.25) is 0 Å². The molecule has 108 valence electrons. The predicted molar refractivity (Wildman–Crippen MR) is 84.8 cm³/mol. The number of nitrogens with one attached hydrogen (secondary N) is 1. The number of hydrogen-bond acceptors (Lipinski definition) is 2. The highest BCUT2D eigenvalue weighted by molar-refractivity contribution is 6.31. The van der Waals surface area contributed by atoms with E-state index in [2.05, 4.69) is 57.1 Å². The molecular weight excluding hydrogens is 256 g/mol. The molecule has 2 atom stereocenters. The van der Waals surface area contributed by atoms with Crippen LogP contribution in [0.4, 0.5) is 0 Å². The molecule has 0 saturated heterocycles. The van der Waals surface area contributed by atoms with Crippen molar-refractivity contribution in [3.63, 3.8) is 0 Å². The molecule has 0 aromatic heterocycles. The summed E-state index contributed by atoms with van der Waals surface area (Å²) in [4.78, 5) is 2.37. The van der Waals surface area contributed by atoms with Crippen LogP contribution in [0.1, 0.15) is 39.3 Å². The highest BCUT2D eigenvalue weighted by Gasteiger charge is 2.16. The van der Waals surface area contributed by atoms with Crippen LogP contribution in [0.2, 0.25) is 5.02 Å². The lowest BCUT2D eigenvalue weighted by molar-refractivity contribution is 0.222. The first-order chi connectivity index (χ1) is 8.91. The highest BCUT2D eigenvalue weighted by Crippen LogP contribution is 2.26. The Hall–Kier alpha value is -0.570. The second kappa shape index (κ2) is 7.88. The van der Waals surface area contributed by atoms with Gasteiger partial charge in [0, 0.05) is 23.7 Å². The minimum Gasteiger partial charge on any atom is -0.314 e.